The van der Waals surface area contributed by atoms with Gasteiger partial charge in [-0.2, -0.15) is 0 Å². The van der Waals surface area contributed by atoms with E-state index >= 15 is 0 Å². The maximum Gasteiger partial charge on any atom is 0.315 e. The molecular weight excluding hydrogens is 358 g/mol. The summed E-state index contributed by atoms with van der Waals surface area (Å²) in [6, 6.07) is 20.4. The molecule has 2 saturated heterocycles. The molecule has 0 bridgehead atoms. The van der Waals surface area contributed by atoms with E-state index in [0.717, 1.165) is 31.2 Å². The van der Waals surface area contributed by atoms with Gasteiger partial charge in [-0.25, -0.2) is 4.79 Å². The van der Waals surface area contributed by atoms with E-state index in [9.17, 15) is 4.79 Å². The molecule has 2 aromatic carbocycles. The third-order valence-corrected chi connectivity index (χ3v) is 7.29. The Balaban J connectivity index is 1.12. The second kappa shape index (κ2) is 8.19. The van der Waals surface area contributed by atoms with Gasteiger partial charge in [-0.05, 0) is 73.7 Å². The monoisotopic (exact) mass is 389 g/mol. The van der Waals surface area contributed by atoms with Crippen LogP contribution < -0.4 is 10.6 Å². The van der Waals surface area contributed by atoms with E-state index in [0.29, 0.717) is 12.1 Å². The van der Waals surface area contributed by atoms with Crippen LogP contribution in [0.3, 0.4) is 0 Å². The van der Waals surface area contributed by atoms with Crippen molar-refractivity contribution in [1.82, 2.24) is 15.5 Å². The lowest BCUT2D eigenvalue weighted by atomic mass is 9.73. The number of piperidine rings is 1. The molecule has 3 aliphatic rings. The number of rotatable bonds is 4. The second-order valence-corrected chi connectivity index (χ2v) is 9.08. The Morgan fingerprint density at radius 3 is 2.21 bits per heavy atom. The van der Waals surface area contributed by atoms with Gasteiger partial charge in [-0.3, -0.25) is 4.90 Å². The standard InChI is InChI=1S/C25H31N3O/c29-25-26-23-11-10-22(16-24(23)27-25)21-12-14-28(15-13-21)17-18-6-8-20(9-7-18)19-4-2-1-3-5-19/h1-9,21-24H,10-17H2,(H2,26,27,29). The van der Waals surface area contributed by atoms with E-state index in [4.69, 9.17) is 0 Å². The molecule has 2 heterocycles. The summed E-state index contributed by atoms with van der Waals surface area (Å²) in [7, 11) is 0. The van der Waals surface area contributed by atoms with Crippen LogP contribution >= 0.6 is 0 Å². The van der Waals surface area contributed by atoms with Gasteiger partial charge in [0, 0.05) is 6.54 Å². The highest BCUT2D eigenvalue weighted by atomic mass is 16.2. The van der Waals surface area contributed by atoms with Crippen molar-refractivity contribution in [2.24, 2.45) is 11.8 Å². The number of benzene rings is 2. The Kier molecular flexibility index (Phi) is 5.28. The smallest absolute Gasteiger partial charge is 0.315 e. The first-order valence-corrected chi connectivity index (χ1v) is 11.2. The predicted molar refractivity (Wildman–Crippen MR) is 116 cm³/mol. The molecule has 1 aliphatic carbocycles. The molecule has 3 atom stereocenters. The normalized spacial score (nSPS) is 27.9. The largest absolute Gasteiger partial charge is 0.333 e. The molecule has 2 amide bonds. The number of urea groups is 1. The van der Waals surface area contributed by atoms with Crippen molar-refractivity contribution in [2.45, 2.75) is 50.7 Å². The summed E-state index contributed by atoms with van der Waals surface area (Å²) in [6.45, 7) is 3.44. The Morgan fingerprint density at radius 1 is 0.759 bits per heavy atom. The molecule has 1 saturated carbocycles. The van der Waals surface area contributed by atoms with Crippen molar-refractivity contribution in [1.29, 1.82) is 0 Å². The fourth-order valence-corrected chi connectivity index (χ4v) is 5.62. The molecule has 5 rings (SSSR count). The lowest BCUT2D eigenvalue weighted by molar-refractivity contribution is 0.112. The zero-order valence-corrected chi connectivity index (χ0v) is 17.0. The minimum absolute atomic E-state index is 0.0359. The molecule has 2 aromatic rings. The number of hydrogen-bond acceptors (Lipinski definition) is 2. The molecule has 4 heteroatoms. The van der Waals surface area contributed by atoms with Gasteiger partial charge in [0.2, 0.25) is 0 Å². The number of nitrogens with one attached hydrogen (secondary N) is 2. The van der Waals surface area contributed by atoms with E-state index in [1.807, 2.05) is 0 Å². The maximum absolute atomic E-state index is 11.6. The topological polar surface area (TPSA) is 44.4 Å². The first-order valence-electron chi connectivity index (χ1n) is 11.2. The lowest BCUT2D eigenvalue weighted by Crippen LogP contribution is -2.43. The van der Waals surface area contributed by atoms with Crippen molar-refractivity contribution in [3.8, 4) is 11.1 Å². The Morgan fingerprint density at radius 2 is 1.45 bits per heavy atom. The van der Waals surface area contributed by atoms with Crippen LogP contribution in [-0.4, -0.2) is 36.1 Å². The number of carbonyl (C=O) groups is 1. The number of amides is 2. The average Bonchev–Trinajstić information content (AvgIpc) is 3.15. The zero-order chi connectivity index (χ0) is 19.6. The summed E-state index contributed by atoms with van der Waals surface area (Å²) in [5.41, 5.74) is 3.98. The van der Waals surface area contributed by atoms with E-state index in [2.05, 4.69) is 70.1 Å². The quantitative estimate of drug-likeness (QED) is 0.813. The van der Waals surface area contributed by atoms with Gasteiger partial charge < -0.3 is 10.6 Å². The zero-order valence-electron chi connectivity index (χ0n) is 17.0. The van der Waals surface area contributed by atoms with E-state index in [-0.39, 0.29) is 6.03 Å². The molecule has 29 heavy (non-hydrogen) atoms. The van der Waals surface area contributed by atoms with Gasteiger partial charge in [0.15, 0.2) is 0 Å². The summed E-state index contributed by atoms with van der Waals surface area (Å²) in [4.78, 5) is 14.2. The van der Waals surface area contributed by atoms with E-state index < -0.39 is 0 Å². The summed E-state index contributed by atoms with van der Waals surface area (Å²) in [6.07, 6.45) is 6.17. The van der Waals surface area contributed by atoms with E-state index in [1.54, 1.807) is 0 Å². The third kappa shape index (κ3) is 4.18. The molecule has 152 valence electrons. The van der Waals surface area contributed by atoms with Crippen LogP contribution in [0.5, 0.6) is 0 Å². The highest BCUT2D eigenvalue weighted by Crippen LogP contribution is 2.37. The van der Waals surface area contributed by atoms with Crippen LogP contribution in [0.2, 0.25) is 0 Å². The van der Waals surface area contributed by atoms with Crippen molar-refractivity contribution < 1.29 is 4.79 Å². The number of carbonyl (C=O) groups excluding carboxylic acids is 1. The first kappa shape index (κ1) is 18.7. The predicted octanol–water partition coefficient (Wildman–Crippen LogP) is 4.42. The molecule has 0 radical (unpaired) electrons. The minimum Gasteiger partial charge on any atom is -0.333 e. The summed E-state index contributed by atoms with van der Waals surface area (Å²) in [5.74, 6) is 1.61. The summed E-state index contributed by atoms with van der Waals surface area (Å²) in [5, 5.41) is 6.19. The van der Waals surface area contributed by atoms with Crippen LogP contribution in [0.1, 0.15) is 37.7 Å². The fraction of sp³-hybridized carbons (Fsp3) is 0.480. The van der Waals surface area contributed by atoms with Gasteiger partial charge in [0.25, 0.3) is 0 Å². The van der Waals surface area contributed by atoms with Gasteiger partial charge in [-0.1, -0.05) is 54.6 Å². The van der Waals surface area contributed by atoms with Crippen LogP contribution in [-0.2, 0) is 6.54 Å². The molecule has 2 N–H and O–H groups in total. The minimum atomic E-state index is 0.0359. The highest BCUT2D eigenvalue weighted by Gasteiger charge is 2.39. The number of hydrogen-bond donors (Lipinski definition) is 2. The van der Waals surface area contributed by atoms with Gasteiger partial charge >= 0.3 is 6.03 Å². The first-order chi connectivity index (χ1) is 14.2. The molecule has 3 fully saturated rings. The SMILES string of the molecule is O=C1NC2CCC(C3CCN(Cc4ccc(-c5ccccc5)cc4)CC3)CC2N1. The van der Waals surface area contributed by atoms with Crippen molar-refractivity contribution in [3.05, 3.63) is 60.2 Å². The third-order valence-electron chi connectivity index (χ3n) is 7.29. The van der Waals surface area contributed by atoms with Crippen molar-refractivity contribution in [2.75, 3.05) is 13.1 Å². The maximum atomic E-state index is 11.6. The molecule has 0 spiro atoms. The number of nitrogens with zero attached hydrogens (tertiary/aromatic N) is 1. The van der Waals surface area contributed by atoms with Crippen molar-refractivity contribution >= 4 is 6.03 Å². The Bertz CT molecular complexity index is 827. The van der Waals surface area contributed by atoms with Gasteiger partial charge in [0.1, 0.15) is 0 Å². The van der Waals surface area contributed by atoms with Crippen LogP contribution in [0.4, 0.5) is 4.79 Å². The number of fused-ring (bicyclic) bond motifs is 1. The van der Waals surface area contributed by atoms with Gasteiger partial charge in [-0.15, -0.1) is 0 Å². The van der Waals surface area contributed by atoms with Crippen molar-refractivity contribution in [3.63, 3.8) is 0 Å². The Hall–Kier alpha value is -2.33. The van der Waals surface area contributed by atoms with Crippen LogP contribution in [0.25, 0.3) is 11.1 Å². The van der Waals surface area contributed by atoms with Gasteiger partial charge in [0.05, 0.1) is 12.1 Å². The fourth-order valence-electron chi connectivity index (χ4n) is 5.62. The Labute approximate surface area is 173 Å². The molecule has 2 aliphatic heterocycles. The number of likely N-dealkylation sites (tertiary alicyclic amines) is 1. The molecule has 0 aromatic heterocycles. The average molecular weight is 390 g/mol. The molecular formula is C25H31N3O. The summed E-state index contributed by atoms with van der Waals surface area (Å²) < 4.78 is 0. The second-order valence-electron chi connectivity index (χ2n) is 9.08. The summed E-state index contributed by atoms with van der Waals surface area (Å²) >= 11 is 0. The van der Waals surface area contributed by atoms with Crippen LogP contribution in [0.15, 0.2) is 54.6 Å². The molecule has 4 nitrogen and oxygen atoms in total. The highest BCUT2D eigenvalue weighted by molar-refractivity contribution is 5.77. The molecule has 3 unspecified atom stereocenters. The van der Waals surface area contributed by atoms with E-state index in [1.165, 1.54) is 49.0 Å². The van der Waals surface area contributed by atoms with Crippen LogP contribution in [0, 0.1) is 11.8 Å². The lowest BCUT2D eigenvalue weighted by Gasteiger charge is -2.40.